The van der Waals surface area contributed by atoms with Gasteiger partial charge in [-0.25, -0.2) is 0 Å². The van der Waals surface area contributed by atoms with E-state index in [1.54, 1.807) is 0 Å². The monoisotopic (exact) mass is 313 g/mol. The van der Waals surface area contributed by atoms with E-state index in [2.05, 4.69) is 34.6 Å². The first kappa shape index (κ1) is 15.0. The van der Waals surface area contributed by atoms with Crippen LogP contribution in [0.25, 0.3) is 0 Å². The van der Waals surface area contributed by atoms with E-state index in [0.29, 0.717) is 29.4 Å². The lowest BCUT2D eigenvalue weighted by Gasteiger charge is -2.57. The molecule has 3 unspecified atom stereocenters. The second-order valence-corrected chi connectivity index (χ2v) is 7.31. The summed E-state index contributed by atoms with van der Waals surface area (Å²) in [5.41, 5.74) is 7.82. The summed E-state index contributed by atoms with van der Waals surface area (Å²) in [6.07, 6.45) is 7.80. The third kappa shape index (κ3) is 2.63. The maximum Gasteiger partial charge on any atom is 0.188 e. The van der Waals surface area contributed by atoms with E-state index in [4.69, 9.17) is 10.5 Å². The first-order chi connectivity index (χ1) is 11.3. The summed E-state index contributed by atoms with van der Waals surface area (Å²) >= 11 is 0. The van der Waals surface area contributed by atoms with Gasteiger partial charge in [0.2, 0.25) is 0 Å². The summed E-state index contributed by atoms with van der Waals surface area (Å²) in [4.78, 5) is 4.55. The zero-order chi connectivity index (χ0) is 15.7. The van der Waals surface area contributed by atoms with Crippen LogP contribution in [-0.4, -0.2) is 31.3 Å². The molecule has 3 aliphatic rings. The van der Waals surface area contributed by atoms with Crippen LogP contribution >= 0.6 is 0 Å². The van der Waals surface area contributed by atoms with Gasteiger partial charge in [-0.05, 0) is 31.2 Å². The molecule has 3 atom stereocenters. The molecule has 0 amide bonds. The summed E-state index contributed by atoms with van der Waals surface area (Å²) in [6.45, 7) is 1.66. The van der Waals surface area contributed by atoms with Crippen molar-refractivity contribution in [2.45, 2.75) is 50.7 Å². The molecule has 1 aromatic carbocycles. The maximum absolute atomic E-state index is 6.18. The molecule has 1 saturated heterocycles. The number of hydrogen-bond acceptors (Lipinski definition) is 2. The summed E-state index contributed by atoms with van der Waals surface area (Å²) in [5.74, 6) is 1.25. The van der Waals surface area contributed by atoms with Gasteiger partial charge in [0.1, 0.15) is 0 Å². The lowest BCUT2D eigenvalue weighted by Crippen LogP contribution is -2.69. The molecular formula is C19H27N3O. The number of benzene rings is 1. The second-order valence-electron chi connectivity index (χ2n) is 7.31. The maximum atomic E-state index is 6.18. The van der Waals surface area contributed by atoms with Gasteiger partial charge < -0.3 is 15.8 Å². The fraction of sp³-hybridized carbons (Fsp3) is 0.632. The van der Waals surface area contributed by atoms with E-state index in [1.807, 2.05) is 6.07 Å². The van der Waals surface area contributed by atoms with Crippen molar-refractivity contribution in [3.8, 4) is 0 Å². The third-order valence-corrected chi connectivity index (χ3v) is 6.11. The highest BCUT2D eigenvalue weighted by Gasteiger charge is 2.64. The second kappa shape index (κ2) is 6.16. The van der Waals surface area contributed by atoms with Crippen molar-refractivity contribution in [3.05, 3.63) is 35.9 Å². The Kier molecular flexibility index (Phi) is 4.02. The van der Waals surface area contributed by atoms with E-state index in [1.165, 1.54) is 37.7 Å². The number of fused-ring (bicyclic) bond motifs is 2. The molecule has 2 saturated carbocycles. The molecule has 1 spiro atoms. The van der Waals surface area contributed by atoms with Gasteiger partial charge in [-0.1, -0.05) is 43.2 Å². The Balaban J connectivity index is 1.36. The van der Waals surface area contributed by atoms with Crippen molar-refractivity contribution in [3.63, 3.8) is 0 Å². The van der Waals surface area contributed by atoms with Gasteiger partial charge >= 0.3 is 0 Å². The van der Waals surface area contributed by atoms with Gasteiger partial charge in [-0.3, -0.25) is 4.99 Å². The van der Waals surface area contributed by atoms with Crippen LogP contribution in [0.1, 0.15) is 37.7 Å². The largest absolute Gasteiger partial charge is 0.377 e. The summed E-state index contributed by atoms with van der Waals surface area (Å²) in [6, 6.07) is 10.9. The van der Waals surface area contributed by atoms with Crippen molar-refractivity contribution in [1.29, 1.82) is 0 Å². The molecule has 0 bridgehead atoms. The zero-order valence-electron chi connectivity index (χ0n) is 13.7. The third-order valence-electron chi connectivity index (χ3n) is 6.11. The Labute approximate surface area is 138 Å². The van der Waals surface area contributed by atoms with Crippen LogP contribution in [-0.2, 0) is 11.2 Å². The fourth-order valence-electron chi connectivity index (χ4n) is 5.06. The smallest absolute Gasteiger partial charge is 0.188 e. The molecule has 1 aliphatic heterocycles. The number of aliphatic imine (C=N–C) groups is 1. The lowest BCUT2D eigenvalue weighted by atomic mass is 9.54. The highest BCUT2D eigenvalue weighted by molar-refractivity contribution is 5.78. The summed E-state index contributed by atoms with van der Waals surface area (Å²) < 4.78 is 6.02. The molecule has 0 aromatic heterocycles. The molecule has 23 heavy (non-hydrogen) atoms. The molecule has 4 heteroatoms. The van der Waals surface area contributed by atoms with E-state index < -0.39 is 0 Å². The molecule has 1 heterocycles. The highest BCUT2D eigenvalue weighted by Crippen LogP contribution is 2.60. The van der Waals surface area contributed by atoms with Crippen LogP contribution in [0.4, 0.5) is 0 Å². The average Bonchev–Trinajstić information content (AvgIpc) is 3.22. The van der Waals surface area contributed by atoms with Crippen molar-refractivity contribution < 1.29 is 4.74 Å². The molecule has 1 aromatic rings. The molecule has 2 aliphatic carbocycles. The molecule has 0 radical (unpaired) electrons. The number of nitrogens with two attached hydrogens (primary N) is 1. The number of hydrogen-bond donors (Lipinski definition) is 2. The molecule has 124 valence electrons. The normalized spacial score (nSPS) is 31.8. The average molecular weight is 313 g/mol. The van der Waals surface area contributed by atoms with Crippen molar-refractivity contribution >= 4 is 5.96 Å². The molecule has 3 N–H and O–H groups in total. The fourth-order valence-corrected chi connectivity index (χ4v) is 5.06. The first-order valence-corrected chi connectivity index (χ1v) is 9.02. The molecule has 4 rings (SSSR count). The standard InChI is InChI=1S/C19H27N3O/c20-18(21-12-8-14-6-2-1-3-7-14)22-16-15-9-13-23-17(15)19(16)10-4-5-11-19/h1-3,6-7,15-17H,4-5,8-13H2,(H3,20,21,22). The van der Waals surface area contributed by atoms with Gasteiger partial charge in [0, 0.05) is 30.5 Å². The lowest BCUT2D eigenvalue weighted by molar-refractivity contribution is -0.124. The Hall–Kier alpha value is -1.55. The number of guanidine groups is 1. The minimum atomic E-state index is 0.334. The van der Waals surface area contributed by atoms with Crippen LogP contribution in [0.5, 0.6) is 0 Å². The SMILES string of the molecule is NC(=NCCc1ccccc1)NC1C2CCOC2C12CCCC2. The predicted octanol–water partition coefficient (Wildman–Crippen LogP) is 2.48. The first-order valence-electron chi connectivity index (χ1n) is 9.02. The van der Waals surface area contributed by atoms with Crippen molar-refractivity contribution in [1.82, 2.24) is 5.32 Å². The van der Waals surface area contributed by atoms with Crippen LogP contribution in [0.3, 0.4) is 0 Å². The van der Waals surface area contributed by atoms with Gasteiger partial charge in [0.15, 0.2) is 5.96 Å². The van der Waals surface area contributed by atoms with Gasteiger partial charge in [-0.2, -0.15) is 0 Å². The number of ether oxygens (including phenoxy) is 1. The van der Waals surface area contributed by atoms with E-state index in [0.717, 1.165) is 19.6 Å². The Morgan fingerprint density at radius 1 is 1.26 bits per heavy atom. The van der Waals surface area contributed by atoms with Crippen molar-refractivity contribution in [2.75, 3.05) is 13.2 Å². The minimum absolute atomic E-state index is 0.334. The number of nitrogens with one attached hydrogen (secondary N) is 1. The van der Waals surface area contributed by atoms with Gasteiger partial charge in [0.05, 0.1) is 6.10 Å². The molecular weight excluding hydrogens is 286 g/mol. The topological polar surface area (TPSA) is 59.6 Å². The van der Waals surface area contributed by atoms with E-state index in [9.17, 15) is 0 Å². The molecule has 4 nitrogen and oxygen atoms in total. The van der Waals surface area contributed by atoms with Crippen LogP contribution in [0.15, 0.2) is 35.3 Å². The van der Waals surface area contributed by atoms with E-state index >= 15 is 0 Å². The Morgan fingerprint density at radius 2 is 2.04 bits per heavy atom. The van der Waals surface area contributed by atoms with Crippen LogP contribution < -0.4 is 11.1 Å². The number of rotatable bonds is 4. The minimum Gasteiger partial charge on any atom is -0.377 e. The van der Waals surface area contributed by atoms with Crippen LogP contribution in [0, 0.1) is 11.3 Å². The van der Waals surface area contributed by atoms with Gasteiger partial charge in [-0.15, -0.1) is 0 Å². The summed E-state index contributed by atoms with van der Waals surface area (Å²) in [5, 5.41) is 3.55. The Bertz CT molecular complexity index is 565. The quantitative estimate of drug-likeness (QED) is 0.663. The highest BCUT2D eigenvalue weighted by atomic mass is 16.5. The van der Waals surface area contributed by atoms with Crippen molar-refractivity contribution in [2.24, 2.45) is 22.1 Å². The van der Waals surface area contributed by atoms with Crippen LogP contribution in [0.2, 0.25) is 0 Å². The zero-order valence-corrected chi connectivity index (χ0v) is 13.7. The molecule has 3 fully saturated rings. The number of nitrogens with zero attached hydrogens (tertiary/aromatic N) is 1. The predicted molar refractivity (Wildman–Crippen MR) is 92.3 cm³/mol. The summed E-state index contributed by atoms with van der Waals surface area (Å²) in [7, 11) is 0. The van der Waals surface area contributed by atoms with Gasteiger partial charge in [0.25, 0.3) is 0 Å². The van der Waals surface area contributed by atoms with E-state index in [-0.39, 0.29) is 0 Å². The Morgan fingerprint density at radius 3 is 2.83 bits per heavy atom.